The molecule has 1 amide bonds. The number of ether oxygens (including phenoxy) is 1. The van der Waals surface area contributed by atoms with Crippen LogP contribution in [0.3, 0.4) is 0 Å². The van der Waals surface area contributed by atoms with Crippen molar-refractivity contribution in [2.75, 3.05) is 32.8 Å². The zero-order chi connectivity index (χ0) is 20.1. The molecule has 150 valence electrons. The molecule has 1 aliphatic heterocycles. The first-order valence-corrected chi connectivity index (χ1v) is 10.5. The van der Waals surface area contributed by atoms with E-state index in [1.807, 2.05) is 0 Å². The molecule has 3 rings (SSSR count). The van der Waals surface area contributed by atoms with Crippen LogP contribution >= 0.6 is 0 Å². The van der Waals surface area contributed by atoms with Crippen LogP contribution in [0.5, 0.6) is 0 Å². The van der Waals surface area contributed by atoms with Gasteiger partial charge in [-0.05, 0) is 48.7 Å². The molecule has 2 aromatic rings. The second kappa shape index (κ2) is 8.81. The lowest BCUT2D eigenvalue weighted by Gasteiger charge is -2.26. The highest BCUT2D eigenvalue weighted by Crippen LogP contribution is 2.20. The maximum Gasteiger partial charge on any atom is 0.251 e. The number of amides is 1. The number of benzene rings is 2. The number of aryl methyl sites for hydroxylation is 1. The monoisotopic (exact) mass is 406 g/mol. The molecule has 28 heavy (non-hydrogen) atoms. The van der Waals surface area contributed by atoms with Gasteiger partial charge in [0.25, 0.3) is 5.91 Å². The molecule has 1 fully saturated rings. The van der Waals surface area contributed by atoms with Crippen LogP contribution in [0.25, 0.3) is 0 Å². The van der Waals surface area contributed by atoms with E-state index in [0.717, 1.165) is 5.56 Å². The molecule has 2 aromatic carbocycles. The standard InChI is InChI=1S/C20H23FN2O4S/c1-15-5-6-18(28(25,26)23-9-11-27-12-10-23)14-19(15)20(24)22-8-7-16-3-2-4-17(21)13-16/h2-6,13-14H,7-12H2,1H3,(H,22,24). The van der Waals surface area contributed by atoms with Gasteiger partial charge in [0, 0.05) is 25.2 Å². The van der Waals surface area contributed by atoms with E-state index in [0.29, 0.717) is 50.4 Å². The predicted molar refractivity (Wildman–Crippen MR) is 103 cm³/mol. The van der Waals surface area contributed by atoms with Crippen molar-refractivity contribution in [1.29, 1.82) is 0 Å². The second-order valence-corrected chi connectivity index (χ2v) is 8.57. The second-order valence-electron chi connectivity index (χ2n) is 6.63. The topological polar surface area (TPSA) is 75.7 Å². The number of hydrogen-bond acceptors (Lipinski definition) is 4. The van der Waals surface area contributed by atoms with Gasteiger partial charge in [-0.15, -0.1) is 0 Å². The Morgan fingerprint density at radius 2 is 1.93 bits per heavy atom. The molecular formula is C20H23FN2O4S. The Bertz CT molecular complexity index is 956. The van der Waals surface area contributed by atoms with Gasteiger partial charge in [0.15, 0.2) is 0 Å². The highest BCUT2D eigenvalue weighted by atomic mass is 32.2. The molecule has 1 N–H and O–H groups in total. The minimum Gasteiger partial charge on any atom is -0.379 e. The lowest BCUT2D eigenvalue weighted by molar-refractivity contribution is 0.0730. The smallest absolute Gasteiger partial charge is 0.251 e. The summed E-state index contributed by atoms with van der Waals surface area (Å²) in [5.41, 5.74) is 1.78. The van der Waals surface area contributed by atoms with Gasteiger partial charge in [0.05, 0.1) is 18.1 Å². The quantitative estimate of drug-likeness (QED) is 0.798. The summed E-state index contributed by atoms with van der Waals surface area (Å²) in [4.78, 5) is 12.7. The van der Waals surface area contributed by atoms with Crippen molar-refractivity contribution >= 4 is 15.9 Å². The number of nitrogens with one attached hydrogen (secondary N) is 1. The lowest BCUT2D eigenvalue weighted by Crippen LogP contribution is -2.40. The zero-order valence-corrected chi connectivity index (χ0v) is 16.5. The van der Waals surface area contributed by atoms with E-state index in [2.05, 4.69) is 5.32 Å². The highest BCUT2D eigenvalue weighted by molar-refractivity contribution is 7.89. The highest BCUT2D eigenvalue weighted by Gasteiger charge is 2.27. The molecule has 8 heteroatoms. The fourth-order valence-electron chi connectivity index (χ4n) is 3.05. The average Bonchev–Trinajstić information content (AvgIpc) is 2.69. The van der Waals surface area contributed by atoms with Gasteiger partial charge in [-0.1, -0.05) is 18.2 Å². The molecule has 0 spiro atoms. The van der Waals surface area contributed by atoms with Gasteiger partial charge in [-0.25, -0.2) is 12.8 Å². The molecule has 1 aliphatic rings. The minimum absolute atomic E-state index is 0.0929. The Kier molecular flexibility index (Phi) is 6.43. The summed E-state index contributed by atoms with van der Waals surface area (Å²) in [5, 5.41) is 2.78. The molecule has 0 saturated carbocycles. The van der Waals surface area contributed by atoms with Crippen molar-refractivity contribution in [3.63, 3.8) is 0 Å². The van der Waals surface area contributed by atoms with Crippen molar-refractivity contribution < 1.29 is 22.3 Å². The molecule has 6 nitrogen and oxygen atoms in total. The van der Waals surface area contributed by atoms with Gasteiger partial charge >= 0.3 is 0 Å². The van der Waals surface area contributed by atoms with Crippen LogP contribution in [0.15, 0.2) is 47.4 Å². The van der Waals surface area contributed by atoms with E-state index in [1.54, 1.807) is 25.1 Å². The third-order valence-electron chi connectivity index (χ3n) is 4.65. The van der Waals surface area contributed by atoms with Crippen LogP contribution in [-0.2, 0) is 21.2 Å². The molecule has 1 saturated heterocycles. The molecular weight excluding hydrogens is 383 g/mol. The van der Waals surface area contributed by atoms with Crippen molar-refractivity contribution in [2.24, 2.45) is 0 Å². The Morgan fingerprint density at radius 3 is 2.64 bits per heavy atom. The maximum absolute atomic E-state index is 13.2. The van der Waals surface area contributed by atoms with Crippen LogP contribution < -0.4 is 5.32 Å². The number of halogens is 1. The van der Waals surface area contributed by atoms with E-state index in [1.165, 1.54) is 28.6 Å². The predicted octanol–water partition coefficient (Wildman–Crippen LogP) is 2.13. The number of sulfonamides is 1. The molecule has 0 bridgehead atoms. The first-order valence-electron chi connectivity index (χ1n) is 9.09. The van der Waals surface area contributed by atoms with Gasteiger partial charge < -0.3 is 10.1 Å². The molecule has 0 aromatic heterocycles. The molecule has 1 heterocycles. The van der Waals surface area contributed by atoms with Gasteiger partial charge in [0.2, 0.25) is 10.0 Å². The molecule has 0 radical (unpaired) electrons. The SMILES string of the molecule is Cc1ccc(S(=O)(=O)N2CCOCC2)cc1C(=O)NCCc1cccc(F)c1. The van der Waals surface area contributed by atoms with E-state index < -0.39 is 10.0 Å². The summed E-state index contributed by atoms with van der Waals surface area (Å²) in [6.07, 6.45) is 0.480. The summed E-state index contributed by atoms with van der Waals surface area (Å²) in [5.74, 6) is -0.673. The fourth-order valence-corrected chi connectivity index (χ4v) is 4.49. The van der Waals surface area contributed by atoms with Crippen molar-refractivity contribution in [2.45, 2.75) is 18.2 Å². The summed E-state index contributed by atoms with van der Waals surface area (Å²) < 4.78 is 45.4. The average molecular weight is 406 g/mol. The Morgan fingerprint density at radius 1 is 1.18 bits per heavy atom. The number of carbonyl (C=O) groups is 1. The first kappa shape index (κ1) is 20.4. The fraction of sp³-hybridized carbons (Fsp3) is 0.350. The van der Waals surface area contributed by atoms with Crippen molar-refractivity contribution in [3.8, 4) is 0 Å². The summed E-state index contributed by atoms with van der Waals surface area (Å²) in [6, 6.07) is 10.8. The Balaban J connectivity index is 1.70. The van der Waals surface area contributed by atoms with Crippen LogP contribution in [0.2, 0.25) is 0 Å². The number of rotatable bonds is 6. The normalized spacial score (nSPS) is 15.4. The first-order chi connectivity index (χ1) is 13.4. The van der Waals surface area contributed by atoms with Crippen molar-refractivity contribution in [3.05, 3.63) is 65.0 Å². The number of nitrogens with zero attached hydrogens (tertiary/aromatic N) is 1. The summed E-state index contributed by atoms with van der Waals surface area (Å²) in [7, 11) is -3.67. The summed E-state index contributed by atoms with van der Waals surface area (Å²) >= 11 is 0. The maximum atomic E-state index is 13.2. The largest absolute Gasteiger partial charge is 0.379 e. The van der Waals surface area contributed by atoms with Crippen LogP contribution in [-0.4, -0.2) is 51.5 Å². The van der Waals surface area contributed by atoms with Crippen molar-refractivity contribution in [1.82, 2.24) is 9.62 Å². The van der Waals surface area contributed by atoms with Gasteiger partial charge in [-0.2, -0.15) is 4.31 Å². The molecule has 0 aliphatic carbocycles. The number of morpholine rings is 1. The van der Waals surface area contributed by atoms with Crippen LogP contribution in [0.1, 0.15) is 21.5 Å². The summed E-state index contributed by atoms with van der Waals surface area (Å²) in [6.45, 7) is 3.39. The van der Waals surface area contributed by atoms with E-state index in [-0.39, 0.29) is 16.6 Å². The van der Waals surface area contributed by atoms with Gasteiger partial charge in [-0.3, -0.25) is 4.79 Å². The Hall–Kier alpha value is -2.29. The minimum atomic E-state index is -3.67. The number of carbonyl (C=O) groups excluding carboxylic acids is 1. The van der Waals surface area contributed by atoms with E-state index in [4.69, 9.17) is 4.74 Å². The van der Waals surface area contributed by atoms with Crippen LogP contribution in [0.4, 0.5) is 4.39 Å². The third-order valence-corrected chi connectivity index (χ3v) is 6.54. The van der Waals surface area contributed by atoms with E-state index >= 15 is 0 Å². The van der Waals surface area contributed by atoms with Crippen LogP contribution in [0, 0.1) is 12.7 Å². The van der Waals surface area contributed by atoms with E-state index in [9.17, 15) is 17.6 Å². The molecule has 0 atom stereocenters. The molecule has 0 unspecified atom stereocenters. The third kappa shape index (κ3) is 4.76. The Labute approximate surface area is 164 Å². The van der Waals surface area contributed by atoms with Gasteiger partial charge in [0.1, 0.15) is 5.82 Å². The zero-order valence-electron chi connectivity index (χ0n) is 15.7. The lowest BCUT2D eigenvalue weighted by atomic mass is 10.1. The number of hydrogen-bond donors (Lipinski definition) is 1.